The molecule has 0 radical (unpaired) electrons. The molecule has 3 aliphatic rings. The predicted molar refractivity (Wildman–Crippen MR) is 150 cm³/mol. The maximum Gasteiger partial charge on any atom is 0.337 e. The minimum Gasteiger partial charge on any atom is -0.497 e. The summed E-state index contributed by atoms with van der Waals surface area (Å²) in [5, 5.41) is 3.43. The normalized spacial score (nSPS) is 21.1. The third kappa shape index (κ3) is 5.15. The van der Waals surface area contributed by atoms with Crippen LogP contribution >= 0.6 is 0 Å². The summed E-state index contributed by atoms with van der Waals surface area (Å²) >= 11 is 0. The molecule has 0 aromatic heterocycles. The second-order valence-electron chi connectivity index (χ2n) is 10.6. The smallest absolute Gasteiger partial charge is 0.337 e. The van der Waals surface area contributed by atoms with E-state index in [9.17, 15) is 9.59 Å². The van der Waals surface area contributed by atoms with Gasteiger partial charge in [-0.3, -0.25) is 4.79 Å². The van der Waals surface area contributed by atoms with Crippen LogP contribution in [0, 0.1) is 0 Å². The van der Waals surface area contributed by atoms with E-state index in [-0.39, 0.29) is 23.8 Å². The number of rotatable bonds is 8. The van der Waals surface area contributed by atoms with Gasteiger partial charge in [-0.25, -0.2) is 4.79 Å². The topological polar surface area (TPSA) is 92.3 Å². The minimum atomic E-state index is -0.620. The Morgan fingerprint density at radius 2 is 1.57 bits per heavy atom. The van der Waals surface area contributed by atoms with E-state index in [4.69, 9.17) is 23.7 Å². The van der Waals surface area contributed by atoms with Crippen molar-refractivity contribution in [1.82, 2.24) is 5.32 Å². The highest BCUT2D eigenvalue weighted by atomic mass is 16.5. The van der Waals surface area contributed by atoms with Crippen LogP contribution in [0.4, 0.5) is 0 Å². The Hall–Kier alpha value is -3.94. The lowest BCUT2D eigenvalue weighted by Crippen LogP contribution is -2.36. The van der Waals surface area contributed by atoms with Crippen LogP contribution in [0.3, 0.4) is 0 Å². The first-order valence-corrected chi connectivity index (χ1v) is 13.8. The molecule has 1 fully saturated rings. The summed E-state index contributed by atoms with van der Waals surface area (Å²) in [6, 6.07) is 11.3. The highest BCUT2D eigenvalue weighted by Gasteiger charge is 2.43. The van der Waals surface area contributed by atoms with Crippen molar-refractivity contribution in [3.8, 4) is 23.0 Å². The Morgan fingerprint density at radius 1 is 0.850 bits per heavy atom. The van der Waals surface area contributed by atoms with Gasteiger partial charge in [-0.1, -0.05) is 12.1 Å². The zero-order valence-corrected chi connectivity index (χ0v) is 23.8. The molecule has 1 heterocycles. The zero-order valence-electron chi connectivity index (χ0n) is 23.8. The molecule has 8 nitrogen and oxygen atoms in total. The highest BCUT2D eigenvalue weighted by molar-refractivity contribution is 6.04. The van der Waals surface area contributed by atoms with Crippen molar-refractivity contribution in [1.29, 1.82) is 0 Å². The molecule has 1 aliphatic heterocycles. The van der Waals surface area contributed by atoms with E-state index in [1.807, 2.05) is 37.3 Å². The summed E-state index contributed by atoms with van der Waals surface area (Å²) < 4.78 is 28.1. The van der Waals surface area contributed by atoms with E-state index in [1.54, 1.807) is 34.5 Å². The van der Waals surface area contributed by atoms with Crippen LogP contribution in [0.1, 0.15) is 68.4 Å². The number of hydrogen-bond acceptors (Lipinski definition) is 8. The van der Waals surface area contributed by atoms with Crippen molar-refractivity contribution in [2.45, 2.75) is 63.4 Å². The molecule has 212 valence electrons. The van der Waals surface area contributed by atoms with E-state index in [0.717, 1.165) is 42.5 Å². The Kier molecular flexibility index (Phi) is 8.05. The number of ketones is 1. The van der Waals surface area contributed by atoms with Crippen molar-refractivity contribution in [3.05, 3.63) is 70.1 Å². The van der Waals surface area contributed by atoms with Gasteiger partial charge in [0.25, 0.3) is 0 Å². The zero-order chi connectivity index (χ0) is 28.4. The van der Waals surface area contributed by atoms with E-state index >= 15 is 0 Å². The number of hydrogen-bond donors (Lipinski definition) is 1. The Morgan fingerprint density at radius 3 is 2.25 bits per heavy atom. The van der Waals surface area contributed by atoms with E-state index in [0.29, 0.717) is 52.7 Å². The number of Topliss-reactive ketones (excluding diaryl/α,β-unsaturated/α-hetero) is 1. The largest absolute Gasteiger partial charge is 0.497 e. The van der Waals surface area contributed by atoms with Gasteiger partial charge in [0.1, 0.15) is 17.6 Å². The molecule has 1 N–H and O–H groups in total. The fourth-order valence-corrected chi connectivity index (χ4v) is 6.24. The van der Waals surface area contributed by atoms with Crippen molar-refractivity contribution in [2.24, 2.45) is 0 Å². The van der Waals surface area contributed by atoms with Crippen LogP contribution in [0.2, 0.25) is 0 Å². The van der Waals surface area contributed by atoms with E-state index in [2.05, 4.69) is 5.32 Å². The highest BCUT2D eigenvalue weighted by Crippen LogP contribution is 2.49. The first-order chi connectivity index (χ1) is 19.4. The fourth-order valence-electron chi connectivity index (χ4n) is 6.24. The Balaban J connectivity index is 1.57. The van der Waals surface area contributed by atoms with Gasteiger partial charge in [0.15, 0.2) is 17.3 Å². The lowest BCUT2D eigenvalue weighted by atomic mass is 9.71. The number of carbonyl (C=O) groups is 2. The van der Waals surface area contributed by atoms with Gasteiger partial charge in [0.2, 0.25) is 0 Å². The maximum atomic E-state index is 14.0. The average Bonchev–Trinajstić information content (AvgIpc) is 3.48. The van der Waals surface area contributed by atoms with Gasteiger partial charge in [-0.15, -0.1) is 0 Å². The lowest BCUT2D eigenvalue weighted by Gasteiger charge is -2.37. The summed E-state index contributed by atoms with van der Waals surface area (Å²) in [4.78, 5) is 27.7. The molecule has 2 aliphatic carbocycles. The summed E-state index contributed by atoms with van der Waals surface area (Å²) in [6.07, 6.45) is 4.63. The van der Waals surface area contributed by atoms with Crippen LogP contribution in [-0.4, -0.2) is 46.3 Å². The molecule has 5 rings (SSSR count). The summed E-state index contributed by atoms with van der Waals surface area (Å²) in [5.41, 5.74) is 4.26. The number of nitrogens with one attached hydrogen (secondary N) is 1. The number of benzene rings is 2. The second kappa shape index (κ2) is 11.7. The van der Waals surface area contributed by atoms with E-state index in [1.165, 1.54) is 0 Å². The lowest BCUT2D eigenvalue weighted by molar-refractivity contribution is -0.144. The summed E-state index contributed by atoms with van der Waals surface area (Å²) in [7, 11) is 6.37. The average molecular weight is 548 g/mol. The van der Waals surface area contributed by atoms with Crippen LogP contribution in [0.25, 0.3) is 0 Å². The van der Waals surface area contributed by atoms with Gasteiger partial charge in [-0.2, -0.15) is 0 Å². The SMILES string of the molecule is COc1ccc([C@H]2C(C(=O)OC3CCCC3)=C(C)NC3=C2C(=O)C[C@H](c2ccc(OC)c(OC)c2)C3)c(OC)c1. The van der Waals surface area contributed by atoms with Gasteiger partial charge in [0.05, 0.1) is 39.9 Å². The van der Waals surface area contributed by atoms with Crippen LogP contribution < -0.4 is 24.3 Å². The van der Waals surface area contributed by atoms with Crippen LogP contribution in [-0.2, 0) is 14.3 Å². The Labute approximate surface area is 235 Å². The molecule has 40 heavy (non-hydrogen) atoms. The monoisotopic (exact) mass is 547 g/mol. The molecular weight excluding hydrogens is 510 g/mol. The first kappa shape index (κ1) is 27.6. The fraction of sp³-hybridized carbons (Fsp3) is 0.438. The van der Waals surface area contributed by atoms with Crippen LogP contribution in [0.5, 0.6) is 23.0 Å². The van der Waals surface area contributed by atoms with Crippen LogP contribution in [0.15, 0.2) is 58.9 Å². The van der Waals surface area contributed by atoms with Crippen molar-refractivity contribution >= 4 is 11.8 Å². The number of carbonyl (C=O) groups excluding carboxylic acids is 2. The molecule has 0 amide bonds. The van der Waals surface area contributed by atoms with Crippen molar-refractivity contribution in [2.75, 3.05) is 28.4 Å². The molecule has 0 spiro atoms. The van der Waals surface area contributed by atoms with Gasteiger partial charge >= 0.3 is 5.97 Å². The Bertz CT molecular complexity index is 1370. The van der Waals surface area contributed by atoms with E-state index < -0.39 is 5.92 Å². The number of allylic oxidation sites excluding steroid dienone is 3. The summed E-state index contributed by atoms with van der Waals surface area (Å²) in [5.74, 6) is 1.35. The third-order valence-electron chi connectivity index (χ3n) is 8.25. The molecule has 0 saturated heterocycles. The molecule has 1 saturated carbocycles. The first-order valence-electron chi connectivity index (χ1n) is 13.8. The minimum absolute atomic E-state index is 0.0185. The van der Waals surface area contributed by atoms with Crippen molar-refractivity contribution in [3.63, 3.8) is 0 Å². The summed E-state index contributed by atoms with van der Waals surface area (Å²) in [6.45, 7) is 1.88. The predicted octanol–water partition coefficient (Wildman–Crippen LogP) is 5.57. The number of ether oxygens (including phenoxy) is 5. The van der Waals surface area contributed by atoms with Crippen molar-refractivity contribution < 1.29 is 33.3 Å². The van der Waals surface area contributed by atoms with Gasteiger partial charge in [0, 0.05) is 35.0 Å². The molecular formula is C32H37NO7. The molecule has 0 unspecified atom stereocenters. The molecule has 2 aromatic carbocycles. The van der Waals surface area contributed by atoms with Gasteiger partial charge in [-0.05, 0) is 68.7 Å². The standard InChI is InChI=1S/C32H37NO7/c1-18-29(32(35)40-21-8-6-7-9-21)30(23-12-11-22(36-2)17-27(23)38-4)31-24(33-18)14-20(15-25(31)34)19-10-13-26(37-3)28(16-19)39-5/h10-13,16-17,20-21,30,33H,6-9,14-15H2,1-5H3/t20-,30+/m1/s1. The second-order valence-corrected chi connectivity index (χ2v) is 10.6. The molecule has 8 heteroatoms. The molecule has 2 aromatic rings. The number of dihydropyridines is 1. The third-order valence-corrected chi connectivity index (χ3v) is 8.25. The maximum absolute atomic E-state index is 14.0. The quantitative estimate of drug-likeness (QED) is 0.429. The molecule has 2 atom stereocenters. The number of esters is 1. The number of methoxy groups -OCH3 is 4. The molecule has 0 bridgehead atoms. The van der Waals surface area contributed by atoms with Gasteiger partial charge < -0.3 is 29.0 Å².